The van der Waals surface area contributed by atoms with E-state index in [4.69, 9.17) is 25.8 Å². The van der Waals surface area contributed by atoms with Crippen LogP contribution in [0.25, 0.3) is 6.08 Å². The largest absolute Gasteiger partial charge is 0.507 e. The Hall–Kier alpha value is -3.68. The van der Waals surface area contributed by atoms with E-state index in [9.17, 15) is 9.90 Å². The molecule has 0 radical (unpaired) electrons. The molecule has 0 aromatic heterocycles. The molecule has 1 N–H and O–H groups in total. The minimum Gasteiger partial charge on any atom is -0.507 e. The third kappa shape index (κ3) is 4.17. The van der Waals surface area contributed by atoms with E-state index in [1.54, 1.807) is 18.2 Å². The van der Waals surface area contributed by atoms with Gasteiger partial charge in [0.25, 0.3) is 0 Å². The number of benzene rings is 3. The van der Waals surface area contributed by atoms with Gasteiger partial charge in [-0.25, -0.2) is 0 Å². The van der Waals surface area contributed by atoms with E-state index in [2.05, 4.69) is 15.9 Å². The number of hydrogen-bond acceptors (Lipinski definition) is 7. The normalized spacial score (nSPS) is 18.1. The minimum absolute atomic E-state index is 0.123. The van der Waals surface area contributed by atoms with Crippen molar-refractivity contribution in [2.75, 3.05) is 37.9 Å². The van der Waals surface area contributed by atoms with Crippen LogP contribution in [0.4, 0.5) is 5.69 Å². The molecule has 3 aliphatic rings. The van der Waals surface area contributed by atoms with Gasteiger partial charge < -0.3 is 24.2 Å². The standard InChI is InChI=1S/C27H23ClN2O5/c28-18-2-1-3-19(14-18)30-10-8-29(9-11-30)15-21-22(31)6-5-20-26(32)25(35-27(20)21)13-17-4-7-23-24(12-17)34-16-33-23/h1-7,12-14,31H,8-11,15-16H2/b25-13-. The summed E-state index contributed by atoms with van der Waals surface area (Å²) in [4.78, 5) is 17.6. The van der Waals surface area contributed by atoms with Crippen molar-refractivity contribution in [3.05, 3.63) is 82.1 Å². The molecule has 0 unspecified atom stereocenters. The first kappa shape index (κ1) is 21.8. The van der Waals surface area contributed by atoms with E-state index in [-0.39, 0.29) is 24.1 Å². The Kier molecular flexibility index (Phi) is 5.51. The van der Waals surface area contributed by atoms with Gasteiger partial charge >= 0.3 is 0 Å². The van der Waals surface area contributed by atoms with Crippen molar-refractivity contribution in [3.8, 4) is 23.0 Å². The number of allylic oxidation sites excluding steroid dienone is 1. The highest BCUT2D eigenvalue weighted by atomic mass is 35.5. The van der Waals surface area contributed by atoms with Crippen molar-refractivity contribution in [1.29, 1.82) is 0 Å². The van der Waals surface area contributed by atoms with Crippen molar-refractivity contribution < 1.29 is 24.1 Å². The van der Waals surface area contributed by atoms with E-state index in [1.807, 2.05) is 36.4 Å². The number of carbonyl (C=O) groups excluding carboxylic acids is 1. The highest BCUT2D eigenvalue weighted by Crippen LogP contribution is 2.41. The molecule has 0 saturated carbocycles. The highest BCUT2D eigenvalue weighted by Gasteiger charge is 2.32. The van der Waals surface area contributed by atoms with Gasteiger partial charge in [0.05, 0.1) is 11.1 Å². The second kappa shape index (κ2) is 8.83. The lowest BCUT2D eigenvalue weighted by atomic mass is 10.0. The second-order valence-electron chi connectivity index (χ2n) is 8.74. The first-order chi connectivity index (χ1) is 17.0. The third-order valence-corrected chi connectivity index (χ3v) is 6.77. The fourth-order valence-corrected chi connectivity index (χ4v) is 4.85. The number of ether oxygens (including phenoxy) is 3. The number of piperazine rings is 1. The number of rotatable bonds is 4. The van der Waals surface area contributed by atoms with Crippen LogP contribution in [0.2, 0.25) is 5.02 Å². The maximum absolute atomic E-state index is 13.1. The summed E-state index contributed by atoms with van der Waals surface area (Å²) in [5.41, 5.74) is 2.96. The van der Waals surface area contributed by atoms with Gasteiger partial charge in [0.1, 0.15) is 11.5 Å². The number of phenolic OH excluding ortho intramolecular Hbond substituents is 1. The Morgan fingerprint density at radius 2 is 1.80 bits per heavy atom. The van der Waals surface area contributed by atoms with E-state index in [0.29, 0.717) is 34.9 Å². The van der Waals surface area contributed by atoms with Crippen molar-refractivity contribution in [1.82, 2.24) is 4.90 Å². The molecule has 1 fully saturated rings. The summed E-state index contributed by atoms with van der Waals surface area (Å²) in [6.07, 6.45) is 1.69. The number of nitrogens with zero attached hydrogens (tertiary/aromatic N) is 2. The molecule has 3 aliphatic heterocycles. The molecule has 3 aromatic rings. The zero-order chi connectivity index (χ0) is 23.9. The Balaban J connectivity index is 1.19. The predicted molar refractivity (Wildman–Crippen MR) is 133 cm³/mol. The Morgan fingerprint density at radius 1 is 0.971 bits per heavy atom. The summed E-state index contributed by atoms with van der Waals surface area (Å²) in [5.74, 6) is 1.88. The molecule has 35 heavy (non-hydrogen) atoms. The number of Topliss-reactive ketones (excluding diaryl/α,β-unsaturated/α-hetero) is 1. The Bertz CT molecular complexity index is 1350. The maximum atomic E-state index is 13.1. The highest BCUT2D eigenvalue weighted by molar-refractivity contribution is 6.30. The quantitative estimate of drug-likeness (QED) is 0.531. The average molecular weight is 491 g/mol. The van der Waals surface area contributed by atoms with Gasteiger partial charge in [-0.2, -0.15) is 0 Å². The van der Waals surface area contributed by atoms with Crippen LogP contribution in [-0.4, -0.2) is 48.8 Å². The van der Waals surface area contributed by atoms with Crippen LogP contribution in [0.15, 0.2) is 60.4 Å². The summed E-state index contributed by atoms with van der Waals surface area (Å²) in [7, 11) is 0. The van der Waals surface area contributed by atoms with Crippen molar-refractivity contribution >= 4 is 29.1 Å². The van der Waals surface area contributed by atoms with Gasteiger partial charge in [-0.1, -0.05) is 23.7 Å². The van der Waals surface area contributed by atoms with Crippen LogP contribution in [0.1, 0.15) is 21.5 Å². The van der Waals surface area contributed by atoms with Crippen LogP contribution >= 0.6 is 11.6 Å². The van der Waals surface area contributed by atoms with Gasteiger partial charge in [-0.15, -0.1) is 0 Å². The Morgan fingerprint density at radius 3 is 2.63 bits per heavy atom. The van der Waals surface area contributed by atoms with E-state index in [0.717, 1.165) is 42.5 Å². The van der Waals surface area contributed by atoms with Crippen LogP contribution in [0.5, 0.6) is 23.0 Å². The van der Waals surface area contributed by atoms with Gasteiger partial charge in [-0.05, 0) is 54.1 Å². The molecule has 0 atom stereocenters. The van der Waals surface area contributed by atoms with Gasteiger partial charge in [0.15, 0.2) is 17.3 Å². The maximum Gasteiger partial charge on any atom is 0.231 e. The van der Waals surface area contributed by atoms with E-state index < -0.39 is 0 Å². The molecule has 3 heterocycles. The minimum atomic E-state index is -0.204. The van der Waals surface area contributed by atoms with E-state index >= 15 is 0 Å². The predicted octanol–water partition coefficient (Wildman–Crippen LogP) is 4.71. The number of ketones is 1. The van der Waals surface area contributed by atoms with Crippen LogP contribution < -0.4 is 19.1 Å². The number of aromatic hydroxyl groups is 1. The molecule has 0 spiro atoms. The lowest BCUT2D eigenvalue weighted by Gasteiger charge is -2.36. The fourth-order valence-electron chi connectivity index (χ4n) is 4.66. The van der Waals surface area contributed by atoms with Crippen molar-refractivity contribution in [2.45, 2.75) is 6.54 Å². The molecule has 0 bridgehead atoms. The van der Waals surface area contributed by atoms with Gasteiger partial charge in [0.2, 0.25) is 12.6 Å². The van der Waals surface area contributed by atoms with Crippen molar-refractivity contribution in [2.24, 2.45) is 0 Å². The third-order valence-electron chi connectivity index (χ3n) is 6.54. The van der Waals surface area contributed by atoms with Crippen molar-refractivity contribution in [3.63, 3.8) is 0 Å². The SMILES string of the molecule is O=C1/C(=C/c2ccc3c(c2)OCO3)Oc2c1ccc(O)c2CN1CCN(c2cccc(Cl)c2)CC1. The van der Waals surface area contributed by atoms with Gasteiger partial charge in [-0.3, -0.25) is 9.69 Å². The first-order valence-corrected chi connectivity index (χ1v) is 11.8. The molecule has 1 saturated heterocycles. The monoisotopic (exact) mass is 490 g/mol. The number of fused-ring (bicyclic) bond motifs is 2. The molecule has 0 aliphatic carbocycles. The number of anilines is 1. The summed E-state index contributed by atoms with van der Waals surface area (Å²) in [5, 5.41) is 11.4. The molecule has 8 heteroatoms. The van der Waals surface area contributed by atoms with Crippen LogP contribution in [0, 0.1) is 0 Å². The molecular formula is C27H23ClN2O5. The smallest absolute Gasteiger partial charge is 0.231 e. The zero-order valence-corrected chi connectivity index (χ0v) is 19.6. The Labute approximate surface area is 207 Å². The topological polar surface area (TPSA) is 71.5 Å². The lowest BCUT2D eigenvalue weighted by Crippen LogP contribution is -2.46. The van der Waals surface area contributed by atoms with Crippen LogP contribution in [0.3, 0.4) is 0 Å². The molecular weight excluding hydrogens is 468 g/mol. The lowest BCUT2D eigenvalue weighted by molar-refractivity contribution is 0.101. The number of halogens is 1. The fraction of sp³-hybridized carbons (Fsp3) is 0.222. The molecule has 6 rings (SSSR count). The summed E-state index contributed by atoms with van der Waals surface area (Å²) in [6, 6.07) is 16.5. The zero-order valence-electron chi connectivity index (χ0n) is 18.9. The summed E-state index contributed by atoms with van der Waals surface area (Å²) >= 11 is 6.15. The molecule has 3 aromatic carbocycles. The molecule has 7 nitrogen and oxygen atoms in total. The first-order valence-electron chi connectivity index (χ1n) is 11.5. The summed E-state index contributed by atoms with van der Waals surface area (Å²) < 4.78 is 16.8. The van der Waals surface area contributed by atoms with E-state index in [1.165, 1.54) is 0 Å². The molecule has 178 valence electrons. The number of phenols is 1. The average Bonchev–Trinajstić information content (AvgIpc) is 3.45. The van der Waals surface area contributed by atoms with Gasteiger partial charge in [0, 0.05) is 43.4 Å². The summed E-state index contributed by atoms with van der Waals surface area (Å²) in [6.45, 7) is 3.97. The second-order valence-corrected chi connectivity index (χ2v) is 9.17. The number of carbonyl (C=O) groups is 1. The number of hydrogen-bond donors (Lipinski definition) is 1. The van der Waals surface area contributed by atoms with Crippen LogP contribution in [-0.2, 0) is 6.54 Å². The molecule has 0 amide bonds.